The van der Waals surface area contributed by atoms with Crippen LogP contribution in [0.3, 0.4) is 0 Å². The van der Waals surface area contributed by atoms with Crippen molar-refractivity contribution < 1.29 is 28.3 Å². The third-order valence-electron chi connectivity index (χ3n) is 12.7. The van der Waals surface area contributed by atoms with Gasteiger partial charge in [-0.25, -0.2) is 8.78 Å². The van der Waals surface area contributed by atoms with Crippen LogP contribution in [-0.2, 0) is 16.1 Å². The average molecular weight is 756 g/mol. The second-order valence-corrected chi connectivity index (χ2v) is 16.2. The second kappa shape index (κ2) is 14.6. The number of hydrogen-bond donors (Lipinski definition) is 3. The van der Waals surface area contributed by atoms with Crippen LogP contribution in [0, 0.1) is 23.5 Å². The number of anilines is 3. The molecule has 1 saturated carbocycles. The highest BCUT2D eigenvalue weighted by Crippen LogP contribution is 2.38. The van der Waals surface area contributed by atoms with E-state index in [0.717, 1.165) is 88.5 Å². The lowest BCUT2D eigenvalue weighted by Crippen LogP contribution is -2.58. The van der Waals surface area contributed by atoms with Crippen LogP contribution >= 0.6 is 0 Å². The Morgan fingerprint density at radius 3 is 2.31 bits per heavy atom. The molecule has 13 nitrogen and oxygen atoms in total. The zero-order chi connectivity index (χ0) is 37.8. The van der Waals surface area contributed by atoms with Crippen molar-refractivity contribution in [3.63, 3.8) is 0 Å². The van der Waals surface area contributed by atoms with Crippen LogP contribution in [0.15, 0.2) is 36.4 Å². The van der Waals surface area contributed by atoms with E-state index in [1.807, 2.05) is 12.1 Å². The molecular weight excluding hydrogens is 708 g/mol. The third-order valence-corrected chi connectivity index (χ3v) is 12.7. The number of fused-ring (bicyclic) bond motifs is 4. The van der Waals surface area contributed by atoms with Crippen LogP contribution in [0.2, 0.25) is 0 Å². The first-order chi connectivity index (χ1) is 26.7. The van der Waals surface area contributed by atoms with Crippen molar-refractivity contribution in [2.24, 2.45) is 11.8 Å². The van der Waals surface area contributed by atoms with Crippen molar-refractivity contribution in [1.82, 2.24) is 30.2 Å². The summed E-state index contributed by atoms with van der Waals surface area (Å²) < 4.78 is 28.1. The van der Waals surface area contributed by atoms with Gasteiger partial charge in [-0.3, -0.25) is 29.5 Å². The Morgan fingerprint density at radius 2 is 1.55 bits per heavy atom. The minimum absolute atomic E-state index is 0.0112. The number of phenols is 1. The number of amides is 3. The first kappa shape index (κ1) is 35.8. The van der Waals surface area contributed by atoms with Gasteiger partial charge in [0.25, 0.3) is 5.91 Å². The Kier molecular flexibility index (Phi) is 9.53. The predicted octanol–water partition coefficient (Wildman–Crippen LogP) is 3.43. The highest BCUT2D eigenvalue weighted by molar-refractivity contribution is 6.05. The molecule has 3 N–H and O–H groups in total. The standard InChI is InChI=1S/C40H47F2N9O4/c41-27-15-31(37(53)32(42)16-27)33-18-35-38(46-45-33)43-19-29-23-48(11-14-50(29)35)21-25-3-1-24(2-4-25)20-47-9-12-49(13-10-47)28-6-5-26-22-51(40(55)30(26)17-28)34-7-8-36(52)44-39(34)54/h5-6,15-18,24-25,29,34,53H,1-4,7-14,19-23H2,(H,43,46)(H,44,52,54)/t24-,25-,29-,34?/m0/s1. The maximum Gasteiger partial charge on any atom is 0.255 e. The molecule has 1 unspecified atom stereocenters. The van der Waals surface area contributed by atoms with E-state index in [2.05, 4.69) is 46.5 Å². The van der Waals surface area contributed by atoms with Gasteiger partial charge < -0.3 is 25.1 Å². The molecule has 15 heteroatoms. The van der Waals surface area contributed by atoms with Crippen molar-refractivity contribution in [3.05, 3.63) is 59.2 Å². The lowest BCUT2D eigenvalue weighted by Gasteiger charge is -2.47. The van der Waals surface area contributed by atoms with Gasteiger partial charge in [-0.15, -0.1) is 10.2 Å². The maximum absolute atomic E-state index is 14.1. The molecule has 1 aliphatic carbocycles. The summed E-state index contributed by atoms with van der Waals surface area (Å²) in [5, 5.41) is 24.5. The molecule has 0 bridgehead atoms. The monoisotopic (exact) mass is 755 g/mol. The summed E-state index contributed by atoms with van der Waals surface area (Å²) in [6.07, 6.45) is 5.59. The SMILES string of the molecule is O=C1CCC(N2Cc3ccc(N4CCN(C[C@H]5CC[C@H](CN6CCN7c8cc(-c9cc(F)cc(F)c9O)nnc8NC[C@H]7C6)CC5)CC4)cc3C2=O)C(=O)N1. The van der Waals surface area contributed by atoms with Crippen LogP contribution < -0.4 is 20.4 Å². The number of piperidine rings is 1. The van der Waals surface area contributed by atoms with E-state index in [1.165, 1.54) is 25.7 Å². The van der Waals surface area contributed by atoms with Crippen LogP contribution in [0.4, 0.5) is 26.0 Å². The van der Waals surface area contributed by atoms with Gasteiger partial charge in [-0.2, -0.15) is 0 Å². The smallest absolute Gasteiger partial charge is 0.255 e. The molecule has 55 heavy (non-hydrogen) atoms. The number of aromatic hydroxyl groups is 1. The largest absolute Gasteiger partial charge is 0.504 e. The number of imide groups is 1. The summed E-state index contributed by atoms with van der Waals surface area (Å²) in [5.74, 6) is -1.20. The fourth-order valence-electron chi connectivity index (χ4n) is 9.67. The first-order valence-corrected chi connectivity index (χ1v) is 19.7. The number of carbonyl (C=O) groups is 3. The molecule has 290 valence electrons. The molecular formula is C40H47F2N9O4. The number of carbonyl (C=O) groups excluding carboxylic acids is 3. The van der Waals surface area contributed by atoms with E-state index in [9.17, 15) is 28.3 Å². The molecule has 3 saturated heterocycles. The van der Waals surface area contributed by atoms with E-state index in [0.29, 0.717) is 42.2 Å². The molecule has 3 amide bonds. The quantitative estimate of drug-likeness (QED) is 0.306. The summed E-state index contributed by atoms with van der Waals surface area (Å²) in [7, 11) is 0. The molecule has 4 fully saturated rings. The molecule has 2 aromatic carbocycles. The number of benzene rings is 2. The van der Waals surface area contributed by atoms with Crippen molar-refractivity contribution in [2.75, 3.05) is 80.6 Å². The lowest BCUT2D eigenvalue weighted by atomic mass is 9.81. The zero-order valence-electron chi connectivity index (χ0n) is 30.9. The number of hydrogen-bond acceptors (Lipinski definition) is 11. The predicted molar refractivity (Wildman–Crippen MR) is 202 cm³/mol. The molecule has 9 rings (SSSR count). The molecule has 3 aromatic rings. The normalized spacial score (nSPS) is 26.0. The molecule has 5 aliphatic heterocycles. The summed E-state index contributed by atoms with van der Waals surface area (Å²) in [6.45, 7) is 9.82. The zero-order valence-corrected chi connectivity index (χ0v) is 30.9. The third kappa shape index (κ3) is 7.08. The Labute approximate surface area is 318 Å². The number of rotatable bonds is 7. The van der Waals surface area contributed by atoms with Crippen LogP contribution in [-0.4, -0.2) is 125 Å². The number of nitrogens with zero attached hydrogens (tertiary/aromatic N) is 7. The van der Waals surface area contributed by atoms with Crippen molar-refractivity contribution in [3.8, 4) is 17.0 Å². The van der Waals surface area contributed by atoms with Crippen LogP contribution in [0.25, 0.3) is 11.3 Å². The van der Waals surface area contributed by atoms with Gasteiger partial charge in [0.2, 0.25) is 11.8 Å². The Hall–Kier alpha value is -4.89. The Morgan fingerprint density at radius 1 is 0.800 bits per heavy atom. The summed E-state index contributed by atoms with van der Waals surface area (Å²) >= 11 is 0. The van der Waals surface area contributed by atoms with Crippen LogP contribution in [0.5, 0.6) is 5.75 Å². The highest BCUT2D eigenvalue weighted by atomic mass is 19.1. The summed E-state index contributed by atoms with van der Waals surface area (Å²) in [5.41, 5.74) is 3.70. The molecule has 1 aromatic heterocycles. The van der Waals surface area contributed by atoms with Gasteiger partial charge in [0, 0.05) is 101 Å². The molecule has 0 radical (unpaired) electrons. The van der Waals surface area contributed by atoms with Gasteiger partial charge in [-0.05, 0) is 73.8 Å². The Bertz CT molecular complexity index is 2000. The minimum Gasteiger partial charge on any atom is -0.504 e. The Balaban J connectivity index is 0.728. The van der Waals surface area contributed by atoms with Gasteiger partial charge >= 0.3 is 0 Å². The molecule has 0 spiro atoms. The lowest BCUT2D eigenvalue weighted by molar-refractivity contribution is -0.136. The van der Waals surface area contributed by atoms with Gasteiger partial charge in [-0.1, -0.05) is 6.07 Å². The summed E-state index contributed by atoms with van der Waals surface area (Å²) in [4.78, 5) is 48.9. The van der Waals surface area contributed by atoms with E-state index < -0.39 is 23.4 Å². The second-order valence-electron chi connectivity index (χ2n) is 16.2. The number of piperazine rings is 2. The average Bonchev–Trinajstić information content (AvgIpc) is 3.51. The van der Waals surface area contributed by atoms with Crippen molar-refractivity contribution in [2.45, 2.75) is 57.2 Å². The molecule has 6 aliphatic rings. The number of phenolic OH excluding ortho intramolecular Hbond substituents is 1. The van der Waals surface area contributed by atoms with Gasteiger partial charge in [0.05, 0.1) is 17.4 Å². The van der Waals surface area contributed by atoms with Crippen LogP contribution in [0.1, 0.15) is 54.4 Å². The van der Waals surface area contributed by atoms with E-state index in [-0.39, 0.29) is 41.4 Å². The van der Waals surface area contributed by atoms with Gasteiger partial charge in [0.15, 0.2) is 17.4 Å². The maximum atomic E-state index is 14.1. The topological polar surface area (TPSA) is 137 Å². The molecule has 2 atom stereocenters. The minimum atomic E-state index is -1.03. The fourth-order valence-corrected chi connectivity index (χ4v) is 9.67. The van der Waals surface area contributed by atoms with E-state index >= 15 is 0 Å². The van der Waals surface area contributed by atoms with Crippen molar-refractivity contribution in [1.29, 1.82) is 0 Å². The molecule has 6 heterocycles. The van der Waals surface area contributed by atoms with E-state index in [1.54, 1.807) is 11.0 Å². The van der Waals surface area contributed by atoms with Crippen molar-refractivity contribution >= 4 is 34.9 Å². The number of halogens is 2. The number of aromatic nitrogens is 2. The highest BCUT2D eigenvalue weighted by Gasteiger charge is 2.40. The number of nitrogens with one attached hydrogen (secondary N) is 2. The summed E-state index contributed by atoms with van der Waals surface area (Å²) in [6, 6.07) is 9.23. The fraction of sp³-hybridized carbons (Fsp3) is 0.525. The van der Waals surface area contributed by atoms with E-state index in [4.69, 9.17) is 0 Å². The first-order valence-electron chi connectivity index (χ1n) is 19.7. The van der Waals surface area contributed by atoms with Gasteiger partial charge in [0.1, 0.15) is 11.9 Å².